The highest BCUT2D eigenvalue weighted by molar-refractivity contribution is 7.90. The van der Waals surface area contributed by atoms with E-state index in [2.05, 4.69) is 24.1 Å². The molecule has 0 atom stereocenters. The average molecular weight is 250 g/mol. The third-order valence-corrected chi connectivity index (χ3v) is 3.68. The summed E-state index contributed by atoms with van der Waals surface area (Å²) in [5.74, 6) is 0.245. The van der Waals surface area contributed by atoms with Crippen LogP contribution in [0.5, 0.6) is 0 Å². The lowest BCUT2D eigenvalue weighted by atomic mass is 10.2. The van der Waals surface area contributed by atoms with Crippen molar-refractivity contribution < 1.29 is 8.42 Å². The maximum atomic E-state index is 11.0. The molecular weight excluding hydrogens is 224 g/mol. The van der Waals surface area contributed by atoms with Crippen molar-refractivity contribution in [2.24, 2.45) is 0 Å². The first-order valence-corrected chi connectivity index (χ1v) is 8.04. The van der Waals surface area contributed by atoms with Crippen LogP contribution in [0.15, 0.2) is 0 Å². The van der Waals surface area contributed by atoms with Crippen LogP contribution in [0.3, 0.4) is 0 Å². The molecule has 16 heavy (non-hydrogen) atoms. The number of rotatable bonds is 9. The lowest BCUT2D eigenvalue weighted by molar-refractivity contribution is 0.336. The first-order chi connectivity index (χ1) is 7.39. The summed E-state index contributed by atoms with van der Waals surface area (Å²) >= 11 is 0. The molecule has 0 fully saturated rings. The molecule has 0 saturated heterocycles. The van der Waals surface area contributed by atoms with Gasteiger partial charge in [0.2, 0.25) is 0 Å². The van der Waals surface area contributed by atoms with E-state index in [0.717, 1.165) is 25.9 Å². The highest BCUT2D eigenvalue weighted by atomic mass is 32.2. The summed E-state index contributed by atoms with van der Waals surface area (Å²) < 4.78 is 21.9. The topological polar surface area (TPSA) is 49.4 Å². The molecule has 0 heterocycles. The molecule has 0 aliphatic rings. The van der Waals surface area contributed by atoms with Crippen LogP contribution >= 0.6 is 0 Å². The van der Waals surface area contributed by atoms with E-state index >= 15 is 0 Å². The summed E-state index contributed by atoms with van der Waals surface area (Å²) in [6, 6.07) is 0.586. The van der Waals surface area contributed by atoms with Crippen LogP contribution < -0.4 is 5.32 Å². The molecule has 0 aromatic heterocycles. The van der Waals surface area contributed by atoms with Crippen LogP contribution in [0, 0.1) is 0 Å². The molecule has 0 spiro atoms. The first kappa shape index (κ1) is 15.9. The Morgan fingerprint density at radius 2 is 1.75 bits per heavy atom. The lowest BCUT2D eigenvalue weighted by Crippen LogP contribution is -2.36. The van der Waals surface area contributed by atoms with Crippen molar-refractivity contribution in [2.45, 2.75) is 32.7 Å². The third-order valence-electron chi connectivity index (χ3n) is 2.76. The molecule has 0 amide bonds. The van der Waals surface area contributed by atoms with Gasteiger partial charge in [-0.25, -0.2) is 8.42 Å². The molecule has 0 aliphatic carbocycles. The third kappa shape index (κ3) is 9.12. The molecule has 0 unspecified atom stereocenters. The number of sulfone groups is 1. The van der Waals surface area contributed by atoms with Crippen molar-refractivity contribution in [3.05, 3.63) is 0 Å². The standard InChI is InChI=1S/C11H26N2O2S/c1-5-11(6-2)12-7-8-13(3)9-10-16(4,14)15/h11-12H,5-10H2,1-4H3. The zero-order valence-corrected chi connectivity index (χ0v) is 11.8. The molecular formula is C11H26N2O2S. The summed E-state index contributed by atoms with van der Waals surface area (Å²) in [6.07, 6.45) is 3.57. The van der Waals surface area contributed by atoms with E-state index in [1.807, 2.05) is 7.05 Å². The highest BCUT2D eigenvalue weighted by Crippen LogP contribution is 1.95. The summed E-state index contributed by atoms with van der Waals surface area (Å²) in [4.78, 5) is 2.05. The van der Waals surface area contributed by atoms with Gasteiger partial charge >= 0.3 is 0 Å². The van der Waals surface area contributed by atoms with Gasteiger partial charge in [-0.2, -0.15) is 0 Å². The van der Waals surface area contributed by atoms with Crippen molar-refractivity contribution >= 4 is 9.84 Å². The van der Waals surface area contributed by atoms with Crippen molar-refractivity contribution in [1.82, 2.24) is 10.2 Å². The minimum Gasteiger partial charge on any atom is -0.313 e. The number of hydrogen-bond donors (Lipinski definition) is 1. The maximum absolute atomic E-state index is 11.0. The monoisotopic (exact) mass is 250 g/mol. The van der Waals surface area contributed by atoms with E-state index in [9.17, 15) is 8.42 Å². The van der Waals surface area contributed by atoms with Crippen LogP contribution in [0.25, 0.3) is 0 Å². The van der Waals surface area contributed by atoms with Gasteiger partial charge in [-0.05, 0) is 19.9 Å². The number of nitrogens with zero attached hydrogens (tertiary/aromatic N) is 1. The lowest BCUT2D eigenvalue weighted by Gasteiger charge is -2.19. The Bertz CT molecular complexity index is 261. The van der Waals surface area contributed by atoms with E-state index in [0.29, 0.717) is 12.6 Å². The summed E-state index contributed by atoms with van der Waals surface area (Å²) in [6.45, 7) is 6.78. The fraction of sp³-hybridized carbons (Fsp3) is 1.00. The molecule has 1 N–H and O–H groups in total. The second-order valence-corrected chi connectivity index (χ2v) is 6.66. The second-order valence-electron chi connectivity index (χ2n) is 4.40. The van der Waals surface area contributed by atoms with Crippen molar-refractivity contribution in [3.8, 4) is 0 Å². The predicted octanol–water partition coefficient (Wildman–Crippen LogP) is 0.741. The zero-order chi connectivity index (χ0) is 12.6. The van der Waals surface area contributed by atoms with E-state index in [-0.39, 0.29) is 5.75 Å². The van der Waals surface area contributed by atoms with Crippen LogP contribution in [-0.4, -0.2) is 58.1 Å². The minimum atomic E-state index is -2.83. The van der Waals surface area contributed by atoms with Gasteiger partial charge in [-0.1, -0.05) is 13.8 Å². The van der Waals surface area contributed by atoms with Gasteiger partial charge < -0.3 is 10.2 Å². The Balaban J connectivity index is 3.61. The average Bonchev–Trinajstić information content (AvgIpc) is 2.20. The molecule has 0 rings (SSSR count). The molecule has 0 radical (unpaired) electrons. The molecule has 0 aromatic carbocycles. The zero-order valence-electron chi connectivity index (χ0n) is 11.0. The first-order valence-electron chi connectivity index (χ1n) is 5.98. The van der Waals surface area contributed by atoms with E-state index in [4.69, 9.17) is 0 Å². The largest absolute Gasteiger partial charge is 0.313 e. The molecule has 0 saturated carbocycles. The predicted molar refractivity (Wildman–Crippen MR) is 69.6 cm³/mol. The number of likely N-dealkylation sites (N-methyl/N-ethyl adjacent to an activating group) is 1. The number of hydrogen-bond acceptors (Lipinski definition) is 4. The van der Waals surface area contributed by atoms with Gasteiger partial charge in [0, 0.05) is 31.9 Å². The van der Waals surface area contributed by atoms with Gasteiger partial charge in [-0.15, -0.1) is 0 Å². The Kier molecular flexibility index (Phi) is 7.97. The number of nitrogens with one attached hydrogen (secondary N) is 1. The van der Waals surface area contributed by atoms with Gasteiger partial charge in [0.15, 0.2) is 0 Å². The van der Waals surface area contributed by atoms with Crippen molar-refractivity contribution in [3.63, 3.8) is 0 Å². The summed E-state index contributed by atoms with van der Waals surface area (Å²) in [7, 11) is -0.874. The highest BCUT2D eigenvalue weighted by Gasteiger charge is 2.06. The van der Waals surface area contributed by atoms with E-state index < -0.39 is 9.84 Å². The summed E-state index contributed by atoms with van der Waals surface area (Å²) in [5, 5.41) is 3.46. The quantitative estimate of drug-likeness (QED) is 0.656. The summed E-state index contributed by atoms with van der Waals surface area (Å²) in [5.41, 5.74) is 0. The van der Waals surface area contributed by atoms with Crippen LogP contribution in [-0.2, 0) is 9.84 Å². The molecule has 4 nitrogen and oxygen atoms in total. The van der Waals surface area contributed by atoms with Crippen LogP contribution in [0.4, 0.5) is 0 Å². The smallest absolute Gasteiger partial charge is 0.148 e. The molecule has 5 heteroatoms. The van der Waals surface area contributed by atoms with Crippen LogP contribution in [0.2, 0.25) is 0 Å². The molecule has 0 bridgehead atoms. The Morgan fingerprint density at radius 1 is 1.19 bits per heavy atom. The van der Waals surface area contributed by atoms with Crippen molar-refractivity contribution in [1.29, 1.82) is 0 Å². The molecule has 0 aromatic rings. The maximum Gasteiger partial charge on any atom is 0.148 e. The Morgan fingerprint density at radius 3 is 2.19 bits per heavy atom. The van der Waals surface area contributed by atoms with E-state index in [1.165, 1.54) is 6.26 Å². The van der Waals surface area contributed by atoms with Gasteiger partial charge in [-0.3, -0.25) is 0 Å². The van der Waals surface area contributed by atoms with Gasteiger partial charge in [0.05, 0.1) is 5.75 Å². The SMILES string of the molecule is CCC(CC)NCCN(C)CCS(C)(=O)=O. The molecule has 98 valence electrons. The normalized spacial score (nSPS) is 12.6. The van der Waals surface area contributed by atoms with Crippen molar-refractivity contribution in [2.75, 3.05) is 38.7 Å². The van der Waals surface area contributed by atoms with E-state index in [1.54, 1.807) is 0 Å². The Labute approximate surface area is 100 Å². The van der Waals surface area contributed by atoms with Gasteiger partial charge in [0.1, 0.15) is 9.84 Å². The fourth-order valence-corrected chi connectivity index (χ4v) is 2.11. The minimum absolute atomic E-state index is 0.245. The second kappa shape index (κ2) is 8.03. The fourth-order valence-electron chi connectivity index (χ4n) is 1.47. The van der Waals surface area contributed by atoms with Gasteiger partial charge in [0.25, 0.3) is 0 Å². The van der Waals surface area contributed by atoms with Crippen LogP contribution in [0.1, 0.15) is 26.7 Å². The molecule has 0 aliphatic heterocycles. The Hall–Kier alpha value is -0.130.